The number of hydrogen-bond donors (Lipinski definition) is 3. The number of benzene rings is 1. The zero-order valence-electron chi connectivity index (χ0n) is 15.9. The first-order valence-electron chi connectivity index (χ1n) is 9.25. The molecular weight excluding hydrogens is 348 g/mol. The highest BCUT2D eigenvalue weighted by molar-refractivity contribution is 5.95. The molecule has 146 valence electrons. The molecule has 1 aromatic rings. The Labute approximate surface area is 158 Å². The Balaban J connectivity index is 1.86. The lowest BCUT2D eigenvalue weighted by molar-refractivity contribution is -0.146. The number of phenols is 1. The van der Waals surface area contributed by atoms with Gasteiger partial charge in [0.2, 0.25) is 0 Å². The number of allylic oxidation sites excluding steroid dienone is 1. The molecule has 3 N–H and O–H groups in total. The Morgan fingerprint density at radius 1 is 1.22 bits per heavy atom. The minimum Gasteiger partial charge on any atom is -0.504 e. The van der Waals surface area contributed by atoms with Gasteiger partial charge in [0.25, 0.3) is 0 Å². The van der Waals surface area contributed by atoms with Crippen molar-refractivity contribution in [1.82, 2.24) is 10.6 Å². The Morgan fingerprint density at radius 3 is 2.59 bits per heavy atom. The van der Waals surface area contributed by atoms with Crippen LogP contribution in [0, 0.1) is 5.92 Å². The number of phenolic OH excluding ortho intramolecular Hbond substituents is 1. The summed E-state index contributed by atoms with van der Waals surface area (Å²) in [5.41, 5.74) is 1.45. The van der Waals surface area contributed by atoms with Gasteiger partial charge in [-0.3, -0.25) is 0 Å². The quantitative estimate of drug-likeness (QED) is 0.704. The average molecular weight is 374 g/mol. The summed E-state index contributed by atoms with van der Waals surface area (Å²) in [6.07, 6.45) is 3.71. The molecule has 2 amide bonds. The van der Waals surface area contributed by atoms with Crippen LogP contribution in [0.2, 0.25) is 0 Å². The molecule has 27 heavy (non-hydrogen) atoms. The first kappa shape index (κ1) is 19.1. The Kier molecular flexibility index (Phi) is 5.58. The largest absolute Gasteiger partial charge is 0.504 e. The maximum absolute atomic E-state index is 12.9. The summed E-state index contributed by atoms with van der Waals surface area (Å²) >= 11 is 0. The second-order valence-corrected chi connectivity index (χ2v) is 7.29. The summed E-state index contributed by atoms with van der Waals surface area (Å²) in [4.78, 5) is 24.9. The van der Waals surface area contributed by atoms with Crippen molar-refractivity contribution in [2.45, 2.75) is 51.7 Å². The number of ether oxygens (including phenoxy) is 2. The highest BCUT2D eigenvalue weighted by Crippen LogP contribution is 2.34. The van der Waals surface area contributed by atoms with Crippen molar-refractivity contribution in [2.75, 3.05) is 7.11 Å². The van der Waals surface area contributed by atoms with Crippen LogP contribution in [0.15, 0.2) is 29.5 Å². The number of esters is 1. The van der Waals surface area contributed by atoms with Crippen LogP contribution in [-0.4, -0.2) is 30.3 Å². The summed E-state index contributed by atoms with van der Waals surface area (Å²) in [7, 11) is 1.44. The standard InChI is InChI=1S/C20H26N2O5/c1-11-4-7-14(8-5-11)27-19(24)17-12(2)21-20(25)22-18(17)13-6-9-15(23)16(10-13)26-3/h6,9-11,14,18,23H,4-5,7-8H2,1-3H3,(H2,21,22,25)/t11?,14?,18-/m1/s1. The Bertz CT molecular complexity index is 766. The lowest BCUT2D eigenvalue weighted by atomic mass is 9.88. The molecule has 1 fully saturated rings. The highest BCUT2D eigenvalue weighted by Gasteiger charge is 2.34. The molecule has 0 radical (unpaired) electrons. The summed E-state index contributed by atoms with van der Waals surface area (Å²) < 4.78 is 10.9. The predicted octanol–water partition coefficient (Wildman–Crippen LogP) is 3.15. The molecule has 1 aliphatic heterocycles. The fourth-order valence-electron chi connectivity index (χ4n) is 3.65. The molecule has 0 aromatic heterocycles. The monoisotopic (exact) mass is 374 g/mol. The van der Waals surface area contributed by atoms with Gasteiger partial charge in [0.05, 0.1) is 18.7 Å². The first-order chi connectivity index (χ1) is 12.9. The molecule has 0 bridgehead atoms. The maximum atomic E-state index is 12.9. The Hall–Kier alpha value is -2.70. The predicted molar refractivity (Wildman–Crippen MR) is 99.3 cm³/mol. The summed E-state index contributed by atoms with van der Waals surface area (Å²) in [5, 5.41) is 15.2. The van der Waals surface area contributed by atoms with Crippen molar-refractivity contribution in [2.24, 2.45) is 5.92 Å². The van der Waals surface area contributed by atoms with Gasteiger partial charge in [-0.25, -0.2) is 9.59 Å². The molecule has 1 aromatic carbocycles. The van der Waals surface area contributed by atoms with E-state index in [0.717, 1.165) is 25.7 Å². The minimum absolute atomic E-state index is 0.0114. The van der Waals surface area contributed by atoms with Crippen LogP contribution in [0.4, 0.5) is 4.79 Å². The molecule has 1 aliphatic carbocycles. The third-order valence-corrected chi connectivity index (χ3v) is 5.26. The zero-order chi connectivity index (χ0) is 19.6. The van der Waals surface area contributed by atoms with E-state index in [4.69, 9.17) is 9.47 Å². The van der Waals surface area contributed by atoms with E-state index in [2.05, 4.69) is 17.6 Å². The number of rotatable bonds is 4. The number of hydrogen-bond acceptors (Lipinski definition) is 5. The van der Waals surface area contributed by atoms with Crippen molar-refractivity contribution in [3.63, 3.8) is 0 Å². The van der Waals surface area contributed by atoms with E-state index < -0.39 is 18.0 Å². The van der Waals surface area contributed by atoms with Crippen LogP contribution in [0.25, 0.3) is 0 Å². The fraction of sp³-hybridized carbons (Fsp3) is 0.500. The van der Waals surface area contributed by atoms with Gasteiger partial charge in [0.15, 0.2) is 11.5 Å². The molecule has 1 heterocycles. The number of urea groups is 1. The molecule has 1 saturated carbocycles. The number of nitrogens with one attached hydrogen (secondary N) is 2. The van der Waals surface area contributed by atoms with Gasteiger partial charge in [-0.05, 0) is 56.2 Å². The molecule has 1 atom stereocenters. The number of methoxy groups -OCH3 is 1. The van der Waals surface area contributed by atoms with Crippen LogP contribution in [0.3, 0.4) is 0 Å². The van der Waals surface area contributed by atoms with Gasteiger partial charge in [-0.15, -0.1) is 0 Å². The summed E-state index contributed by atoms with van der Waals surface area (Å²) in [6, 6.07) is 3.66. The van der Waals surface area contributed by atoms with Crippen molar-refractivity contribution in [3.8, 4) is 11.5 Å². The third-order valence-electron chi connectivity index (χ3n) is 5.26. The molecular formula is C20H26N2O5. The third kappa shape index (κ3) is 4.18. The number of amides is 2. The minimum atomic E-state index is -0.678. The van der Waals surface area contributed by atoms with E-state index in [1.54, 1.807) is 19.1 Å². The van der Waals surface area contributed by atoms with Gasteiger partial charge in [-0.2, -0.15) is 0 Å². The van der Waals surface area contributed by atoms with Gasteiger partial charge in [0, 0.05) is 5.70 Å². The highest BCUT2D eigenvalue weighted by atomic mass is 16.5. The number of carbonyl (C=O) groups excluding carboxylic acids is 2. The summed E-state index contributed by atoms with van der Waals surface area (Å²) in [6.45, 7) is 3.89. The van der Waals surface area contributed by atoms with E-state index in [1.807, 2.05) is 0 Å². The van der Waals surface area contributed by atoms with E-state index in [0.29, 0.717) is 22.8 Å². The van der Waals surface area contributed by atoms with Crippen molar-refractivity contribution in [1.29, 1.82) is 0 Å². The number of aromatic hydroxyl groups is 1. The van der Waals surface area contributed by atoms with Crippen molar-refractivity contribution in [3.05, 3.63) is 35.0 Å². The van der Waals surface area contributed by atoms with E-state index in [1.165, 1.54) is 13.2 Å². The molecule has 0 saturated heterocycles. The van der Waals surface area contributed by atoms with Gasteiger partial charge in [-0.1, -0.05) is 13.0 Å². The average Bonchev–Trinajstić information content (AvgIpc) is 2.63. The first-order valence-corrected chi connectivity index (χ1v) is 9.25. The zero-order valence-corrected chi connectivity index (χ0v) is 15.9. The molecule has 7 heteroatoms. The lowest BCUT2D eigenvalue weighted by Gasteiger charge is -2.31. The molecule has 0 spiro atoms. The Morgan fingerprint density at radius 2 is 1.93 bits per heavy atom. The fourth-order valence-corrected chi connectivity index (χ4v) is 3.65. The van der Waals surface area contributed by atoms with Gasteiger partial charge >= 0.3 is 12.0 Å². The van der Waals surface area contributed by atoms with Crippen LogP contribution < -0.4 is 15.4 Å². The van der Waals surface area contributed by atoms with Crippen LogP contribution in [-0.2, 0) is 9.53 Å². The van der Waals surface area contributed by atoms with E-state index in [-0.39, 0.29) is 17.6 Å². The SMILES string of the molecule is COc1cc([C@H]2NC(=O)NC(C)=C2C(=O)OC2CCC(C)CC2)ccc1O. The van der Waals surface area contributed by atoms with Crippen molar-refractivity contribution >= 4 is 12.0 Å². The topological polar surface area (TPSA) is 96.9 Å². The maximum Gasteiger partial charge on any atom is 0.338 e. The normalized spacial score (nSPS) is 25.4. The van der Waals surface area contributed by atoms with Gasteiger partial charge in [0.1, 0.15) is 6.10 Å². The number of carbonyl (C=O) groups is 2. The molecule has 0 unspecified atom stereocenters. The van der Waals surface area contributed by atoms with Gasteiger partial charge < -0.3 is 25.2 Å². The second-order valence-electron chi connectivity index (χ2n) is 7.29. The second kappa shape index (κ2) is 7.90. The van der Waals surface area contributed by atoms with Crippen LogP contribution in [0.5, 0.6) is 11.5 Å². The van der Waals surface area contributed by atoms with Crippen LogP contribution >= 0.6 is 0 Å². The summed E-state index contributed by atoms with van der Waals surface area (Å²) in [5.74, 6) is 0.486. The lowest BCUT2D eigenvalue weighted by Crippen LogP contribution is -2.45. The van der Waals surface area contributed by atoms with Crippen LogP contribution in [0.1, 0.15) is 51.1 Å². The molecule has 3 rings (SSSR count). The van der Waals surface area contributed by atoms with Crippen molar-refractivity contribution < 1.29 is 24.2 Å². The molecule has 7 nitrogen and oxygen atoms in total. The molecule has 2 aliphatic rings. The van der Waals surface area contributed by atoms with E-state index >= 15 is 0 Å². The smallest absolute Gasteiger partial charge is 0.338 e. The van der Waals surface area contributed by atoms with E-state index in [9.17, 15) is 14.7 Å².